The minimum absolute atomic E-state index is 0.478. The lowest BCUT2D eigenvalue weighted by Gasteiger charge is -2.35. The van der Waals surface area contributed by atoms with Crippen molar-refractivity contribution in [1.82, 2.24) is 4.57 Å². The van der Waals surface area contributed by atoms with Gasteiger partial charge in [0.25, 0.3) is 0 Å². The smallest absolute Gasteiger partial charge is 0.0546 e. The molecule has 1 saturated carbocycles. The third kappa shape index (κ3) is 5.11. The van der Waals surface area contributed by atoms with Crippen LogP contribution in [-0.2, 0) is 6.42 Å². The van der Waals surface area contributed by atoms with Crippen molar-refractivity contribution >= 4 is 41.4 Å². The van der Waals surface area contributed by atoms with E-state index in [0.717, 1.165) is 24.0 Å². The number of fused-ring (bicyclic) bond motifs is 9. The highest BCUT2D eigenvalue weighted by atomic mass is 32.2. The van der Waals surface area contributed by atoms with Crippen molar-refractivity contribution in [3.8, 4) is 0 Å². The quantitative estimate of drug-likeness (QED) is 0.296. The summed E-state index contributed by atoms with van der Waals surface area (Å²) in [6, 6.07) is 8.68. The number of hydrogen-bond acceptors (Lipinski definition) is 2. The van der Waals surface area contributed by atoms with Crippen LogP contribution in [0.2, 0.25) is 0 Å². The Balaban J connectivity index is 0.849. The molecule has 7 aliphatic carbocycles. The third-order valence-electron chi connectivity index (χ3n) is 14.2. The van der Waals surface area contributed by atoms with Crippen molar-refractivity contribution in [2.24, 2.45) is 23.7 Å². The highest BCUT2D eigenvalue weighted by Gasteiger charge is 2.49. The van der Waals surface area contributed by atoms with Crippen LogP contribution < -0.4 is 15.5 Å². The lowest BCUT2D eigenvalue weighted by Crippen LogP contribution is -2.38. The fourth-order valence-corrected chi connectivity index (χ4v) is 13.2. The molecule has 2 aliphatic heterocycles. The Hall–Kier alpha value is -3.43. The van der Waals surface area contributed by atoms with Gasteiger partial charge < -0.3 is 9.47 Å². The number of nitrogens with zero attached hydrogens (tertiary/aromatic N) is 2. The maximum absolute atomic E-state index is 2.88. The van der Waals surface area contributed by atoms with E-state index in [1.807, 2.05) is 0 Å². The molecule has 0 bridgehead atoms. The van der Waals surface area contributed by atoms with Crippen molar-refractivity contribution in [3.63, 3.8) is 0 Å². The number of rotatable bonds is 4. The summed E-state index contributed by atoms with van der Waals surface area (Å²) in [5.41, 5.74) is 10.6. The van der Waals surface area contributed by atoms with Crippen molar-refractivity contribution in [1.29, 1.82) is 0 Å². The van der Waals surface area contributed by atoms with Crippen LogP contribution in [0.15, 0.2) is 95.0 Å². The van der Waals surface area contributed by atoms with Crippen LogP contribution in [0.4, 0.5) is 5.69 Å². The van der Waals surface area contributed by atoms with E-state index < -0.39 is 0 Å². The van der Waals surface area contributed by atoms with Gasteiger partial charge in [0.05, 0.1) is 6.04 Å². The summed E-state index contributed by atoms with van der Waals surface area (Å²) in [5.74, 6) is 3.13. The Morgan fingerprint density at radius 2 is 1.67 bits per heavy atom. The monoisotopic (exact) mass is 688 g/mol. The summed E-state index contributed by atoms with van der Waals surface area (Å²) in [4.78, 5) is 4.41. The summed E-state index contributed by atoms with van der Waals surface area (Å²) in [6.45, 7) is 0. The molecule has 0 spiro atoms. The molecule has 0 radical (unpaired) electrons. The number of allylic oxidation sites excluding steroid dienone is 11. The first kappa shape index (κ1) is 31.1. The number of hydrogen-bond donors (Lipinski definition) is 0. The van der Waals surface area contributed by atoms with Crippen molar-refractivity contribution in [3.05, 3.63) is 117 Å². The minimum Gasteiger partial charge on any atom is -0.361 e. The van der Waals surface area contributed by atoms with Gasteiger partial charge in [0.1, 0.15) is 0 Å². The van der Waals surface area contributed by atoms with E-state index in [1.165, 1.54) is 110 Å². The molecule has 9 aliphatic rings. The number of thioether (sulfide) groups is 1. The van der Waals surface area contributed by atoms with Gasteiger partial charge in [-0.2, -0.15) is 0 Å². The standard InChI is InChI=1S/C48H52N2S/c1-2-10-35(11-3-1)49-43-15-7-4-12-37(43)40-28-33(22-25-45(40)49)31-18-20-32(21-19-31)34-23-26-46-41(29-34)38-13-5-8-16-44(38)50(46)36-24-27-48-42(30-36)39-14-6-9-17-47(39)51-48/h6-7,10,14-15,18,20-21,23-31,33,38-39,41,44,46-47H,1-5,8-9,11-13,16-17,19,22H2. The Morgan fingerprint density at radius 1 is 0.725 bits per heavy atom. The molecule has 51 heavy (non-hydrogen) atoms. The van der Waals surface area contributed by atoms with Gasteiger partial charge in [-0.15, -0.1) is 11.8 Å². The van der Waals surface area contributed by atoms with Crippen LogP contribution in [0.5, 0.6) is 0 Å². The zero-order chi connectivity index (χ0) is 33.5. The van der Waals surface area contributed by atoms with Gasteiger partial charge in [-0.05, 0) is 147 Å². The second-order valence-electron chi connectivity index (χ2n) is 17.0. The van der Waals surface area contributed by atoms with Crippen LogP contribution in [-0.4, -0.2) is 21.9 Å². The molecule has 1 saturated heterocycles. The summed E-state index contributed by atoms with van der Waals surface area (Å²) < 4.78 is 2.64. The molecule has 1 aromatic heterocycles. The van der Waals surface area contributed by atoms with E-state index in [1.54, 1.807) is 22.0 Å². The maximum atomic E-state index is 2.88. The zero-order valence-corrected chi connectivity index (χ0v) is 30.9. The number of benzene rings is 1. The van der Waals surface area contributed by atoms with Crippen LogP contribution >= 0.6 is 11.8 Å². The van der Waals surface area contributed by atoms with Gasteiger partial charge in [0.15, 0.2) is 0 Å². The molecule has 2 nitrogen and oxygen atoms in total. The van der Waals surface area contributed by atoms with Crippen molar-refractivity contribution in [2.45, 2.75) is 118 Å². The predicted octanol–water partition coefficient (Wildman–Crippen LogP) is 10.4. The van der Waals surface area contributed by atoms with E-state index >= 15 is 0 Å². The van der Waals surface area contributed by atoms with Gasteiger partial charge in [-0.1, -0.05) is 85.8 Å². The molecule has 11 rings (SSSR count). The first-order chi connectivity index (χ1) is 25.3. The van der Waals surface area contributed by atoms with Gasteiger partial charge in [-0.3, -0.25) is 0 Å². The summed E-state index contributed by atoms with van der Waals surface area (Å²) in [6.07, 6.45) is 50.8. The fraction of sp³-hybridized carbons (Fsp3) is 0.458. The van der Waals surface area contributed by atoms with E-state index in [9.17, 15) is 0 Å². The lowest BCUT2D eigenvalue weighted by atomic mass is 9.75. The molecule has 2 fully saturated rings. The van der Waals surface area contributed by atoms with E-state index in [-0.39, 0.29) is 0 Å². The third-order valence-corrected chi connectivity index (χ3v) is 15.7. The van der Waals surface area contributed by atoms with Crippen molar-refractivity contribution < 1.29 is 0 Å². The average Bonchev–Trinajstić information content (AvgIpc) is 3.85. The Morgan fingerprint density at radius 3 is 2.59 bits per heavy atom. The maximum Gasteiger partial charge on any atom is 0.0546 e. The molecule has 8 unspecified atom stereocenters. The Labute approximate surface area is 308 Å². The average molecular weight is 689 g/mol. The Kier molecular flexibility index (Phi) is 7.70. The molecule has 0 amide bonds. The molecule has 8 atom stereocenters. The molecule has 1 aromatic carbocycles. The van der Waals surface area contributed by atoms with Crippen LogP contribution in [0.25, 0.3) is 23.9 Å². The molecule has 2 aromatic rings. The normalized spacial score (nSPS) is 34.2. The molecule has 3 heterocycles. The second-order valence-corrected chi connectivity index (χ2v) is 18.2. The molecule has 260 valence electrons. The second kappa shape index (κ2) is 12.6. The first-order valence-corrected chi connectivity index (χ1v) is 21.5. The van der Waals surface area contributed by atoms with Crippen LogP contribution in [0.3, 0.4) is 0 Å². The zero-order valence-electron chi connectivity index (χ0n) is 30.1. The fourth-order valence-electron chi connectivity index (χ4n) is 11.8. The number of aromatic nitrogens is 1. The highest BCUT2D eigenvalue weighted by Crippen LogP contribution is 2.53. The van der Waals surface area contributed by atoms with Gasteiger partial charge >= 0.3 is 0 Å². The SMILES string of the molecule is C1=Cc2c(c3c(n2C2=CCCCC2)=CCC(C2C=CC(C4=CC5C6CCCCC6N(c6ccc7c(c6)C6C=CCCC6S7)C5C=C4)=CC2)C=3)CC1. The van der Waals surface area contributed by atoms with Crippen LogP contribution in [0, 0.1) is 23.7 Å². The molecule has 3 heteroatoms. The molecular weight excluding hydrogens is 637 g/mol. The Bertz CT molecular complexity index is 2110. The lowest BCUT2D eigenvalue weighted by molar-refractivity contribution is 0.305. The van der Waals surface area contributed by atoms with E-state index in [0.29, 0.717) is 35.8 Å². The molecule has 0 N–H and O–H groups in total. The van der Waals surface area contributed by atoms with E-state index in [4.69, 9.17) is 0 Å². The minimum atomic E-state index is 0.478. The summed E-state index contributed by atoms with van der Waals surface area (Å²) in [7, 11) is 0. The van der Waals surface area contributed by atoms with Crippen LogP contribution in [0.1, 0.15) is 106 Å². The number of anilines is 1. The van der Waals surface area contributed by atoms with Crippen molar-refractivity contribution in [2.75, 3.05) is 4.90 Å². The topological polar surface area (TPSA) is 8.17 Å². The molecular formula is C48H52N2S. The summed E-state index contributed by atoms with van der Waals surface area (Å²) >= 11 is 2.14. The van der Waals surface area contributed by atoms with Gasteiger partial charge in [0, 0.05) is 50.5 Å². The first-order valence-electron chi connectivity index (χ1n) is 20.6. The van der Waals surface area contributed by atoms with Gasteiger partial charge in [0.2, 0.25) is 0 Å². The van der Waals surface area contributed by atoms with Gasteiger partial charge in [-0.25, -0.2) is 0 Å². The summed E-state index contributed by atoms with van der Waals surface area (Å²) in [5, 5.41) is 3.78. The van der Waals surface area contributed by atoms with E-state index in [2.05, 4.69) is 118 Å². The highest BCUT2D eigenvalue weighted by molar-refractivity contribution is 8.00. The predicted molar refractivity (Wildman–Crippen MR) is 216 cm³/mol. The largest absolute Gasteiger partial charge is 0.361 e.